The van der Waals surface area contributed by atoms with E-state index < -0.39 is 10.0 Å². The van der Waals surface area contributed by atoms with Crippen LogP contribution in [0.5, 0.6) is 0 Å². The van der Waals surface area contributed by atoms with Gasteiger partial charge in [-0.25, -0.2) is 8.42 Å². The highest BCUT2D eigenvalue weighted by molar-refractivity contribution is 7.89. The van der Waals surface area contributed by atoms with Crippen molar-refractivity contribution < 1.29 is 8.42 Å². The molecule has 1 fully saturated rings. The fourth-order valence-electron chi connectivity index (χ4n) is 2.72. The highest BCUT2D eigenvalue weighted by Gasteiger charge is 2.34. The van der Waals surface area contributed by atoms with Crippen molar-refractivity contribution in [1.29, 1.82) is 0 Å². The Morgan fingerprint density at radius 2 is 2.05 bits per heavy atom. The fraction of sp³-hybridized carbons (Fsp3) is 0.750. The van der Waals surface area contributed by atoms with Gasteiger partial charge in [0, 0.05) is 25.3 Å². The van der Waals surface area contributed by atoms with Crippen molar-refractivity contribution in [1.82, 2.24) is 14.1 Å². The van der Waals surface area contributed by atoms with E-state index >= 15 is 0 Å². The predicted octanol–water partition coefficient (Wildman–Crippen LogP) is 1.44. The van der Waals surface area contributed by atoms with Gasteiger partial charge in [-0.15, -0.1) is 0 Å². The van der Waals surface area contributed by atoms with Gasteiger partial charge in [-0.2, -0.15) is 9.40 Å². The van der Waals surface area contributed by atoms with Crippen molar-refractivity contribution >= 4 is 15.8 Å². The molecule has 1 heterocycles. The third kappa shape index (κ3) is 2.62. The van der Waals surface area contributed by atoms with Crippen LogP contribution in [0.4, 0.5) is 5.82 Å². The van der Waals surface area contributed by atoms with Gasteiger partial charge in [-0.3, -0.25) is 4.68 Å². The minimum atomic E-state index is -3.53. The first-order valence-corrected chi connectivity index (χ1v) is 8.29. The average molecular weight is 286 g/mol. The quantitative estimate of drug-likeness (QED) is 0.888. The lowest BCUT2D eigenvalue weighted by atomic mass is 10.2. The smallest absolute Gasteiger partial charge is 0.248 e. The van der Waals surface area contributed by atoms with E-state index in [9.17, 15) is 8.42 Å². The average Bonchev–Trinajstić information content (AvgIpc) is 2.99. The summed E-state index contributed by atoms with van der Waals surface area (Å²) in [4.78, 5) is 0.142. The molecule has 108 valence electrons. The third-order valence-corrected chi connectivity index (χ3v) is 5.75. The first-order chi connectivity index (χ1) is 9.00. The summed E-state index contributed by atoms with van der Waals surface area (Å²) in [6.45, 7) is 4.85. The molecule has 0 atom stereocenters. The number of sulfonamides is 1. The fourth-order valence-corrected chi connectivity index (χ4v) is 4.48. The van der Waals surface area contributed by atoms with Gasteiger partial charge in [-0.1, -0.05) is 19.8 Å². The zero-order valence-electron chi connectivity index (χ0n) is 11.5. The first kappa shape index (κ1) is 14.3. The Balaban J connectivity index is 2.36. The van der Waals surface area contributed by atoms with Gasteiger partial charge >= 0.3 is 0 Å². The zero-order valence-corrected chi connectivity index (χ0v) is 12.4. The summed E-state index contributed by atoms with van der Waals surface area (Å²) in [6.07, 6.45) is 5.60. The number of nitrogens with zero attached hydrogens (tertiary/aromatic N) is 3. The molecule has 0 saturated heterocycles. The van der Waals surface area contributed by atoms with Crippen LogP contribution >= 0.6 is 0 Å². The van der Waals surface area contributed by atoms with Gasteiger partial charge in [0.05, 0.1) is 0 Å². The van der Waals surface area contributed by atoms with E-state index in [1.54, 1.807) is 8.99 Å². The number of aromatic nitrogens is 2. The molecular weight excluding hydrogens is 264 g/mol. The van der Waals surface area contributed by atoms with Crippen LogP contribution in [0.15, 0.2) is 11.1 Å². The Morgan fingerprint density at radius 3 is 2.53 bits per heavy atom. The third-order valence-electron chi connectivity index (χ3n) is 3.71. The molecule has 19 heavy (non-hydrogen) atoms. The van der Waals surface area contributed by atoms with Crippen LogP contribution in [0.3, 0.4) is 0 Å². The number of aryl methyl sites for hydroxylation is 1. The Hall–Kier alpha value is -1.08. The number of rotatable bonds is 5. The monoisotopic (exact) mass is 286 g/mol. The molecule has 1 aliphatic carbocycles. The van der Waals surface area contributed by atoms with Crippen LogP contribution in [-0.2, 0) is 16.6 Å². The van der Waals surface area contributed by atoms with Crippen LogP contribution in [0.25, 0.3) is 0 Å². The first-order valence-electron chi connectivity index (χ1n) is 6.85. The second kappa shape index (κ2) is 5.50. The lowest BCUT2D eigenvalue weighted by molar-refractivity contribution is 0.335. The van der Waals surface area contributed by atoms with Gasteiger partial charge in [0.2, 0.25) is 10.0 Å². The summed E-state index contributed by atoms with van der Waals surface area (Å²) in [5.74, 6) is 0.0956. The van der Waals surface area contributed by atoms with Gasteiger partial charge in [0.1, 0.15) is 4.90 Å². The van der Waals surface area contributed by atoms with E-state index in [1.807, 2.05) is 13.8 Å². The van der Waals surface area contributed by atoms with Crippen molar-refractivity contribution in [2.45, 2.75) is 57.0 Å². The van der Waals surface area contributed by atoms with E-state index in [1.165, 1.54) is 6.20 Å². The molecule has 0 amide bonds. The molecule has 0 radical (unpaired) electrons. The summed E-state index contributed by atoms with van der Waals surface area (Å²) in [5, 5.41) is 4.03. The molecule has 2 N–H and O–H groups in total. The Morgan fingerprint density at radius 1 is 1.42 bits per heavy atom. The minimum absolute atomic E-state index is 0.0956. The number of hydrogen-bond acceptors (Lipinski definition) is 4. The number of nitrogen functional groups attached to an aromatic ring is 1. The second-order valence-electron chi connectivity index (χ2n) is 4.88. The van der Waals surface area contributed by atoms with Crippen molar-refractivity contribution in [3.8, 4) is 0 Å². The summed E-state index contributed by atoms with van der Waals surface area (Å²) < 4.78 is 28.5. The van der Waals surface area contributed by atoms with Crippen molar-refractivity contribution in [3.63, 3.8) is 0 Å². The molecule has 1 aromatic rings. The predicted molar refractivity (Wildman–Crippen MR) is 74.1 cm³/mol. The van der Waals surface area contributed by atoms with E-state index in [4.69, 9.17) is 5.73 Å². The molecule has 1 aliphatic rings. The zero-order chi connectivity index (χ0) is 14.0. The maximum absolute atomic E-state index is 12.7. The molecule has 0 aliphatic heterocycles. The van der Waals surface area contributed by atoms with Crippen LogP contribution in [0, 0.1) is 0 Å². The topological polar surface area (TPSA) is 81.2 Å². The normalized spacial score (nSPS) is 17.4. The second-order valence-corrected chi connectivity index (χ2v) is 6.74. The highest BCUT2D eigenvalue weighted by Crippen LogP contribution is 2.30. The molecule has 0 aromatic carbocycles. The number of nitrogens with two attached hydrogens (primary N) is 1. The maximum atomic E-state index is 12.7. The lowest BCUT2D eigenvalue weighted by Crippen LogP contribution is -2.38. The summed E-state index contributed by atoms with van der Waals surface area (Å²) in [6, 6.07) is 0.111. The maximum Gasteiger partial charge on any atom is 0.248 e. The van der Waals surface area contributed by atoms with E-state index in [0.717, 1.165) is 25.7 Å². The minimum Gasteiger partial charge on any atom is -0.381 e. The van der Waals surface area contributed by atoms with Gasteiger partial charge in [-0.05, 0) is 19.8 Å². The van der Waals surface area contributed by atoms with Gasteiger partial charge in [0.25, 0.3) is 0 Å². The van der Waals surface area contributed by atoms with Gasteiger partial charge in [0.15, 0.2) is 5.82 Å². The van der Waals surface area contributed by atoms with E-state index in [-0.39, 0.29) is 16.8 Å². The molecule has 1 aromatic heterocycles. The summed E-state index contributed by atoms with van der Waals surface area (Å²) in [5.41, 5.74) is 5.76. The van der Waals surface area contributed by atoms with E-state index in [2.05, 4.69) is 5.10 Å². The lowest BCUT2D eigenvalue weighted by Gasteiger charge is -2.26. The number of anilines is 1. The molecule has 6 nitrogen and oxygen atoms in total. The Labute approximate surface area is 114 Å². The van der Waals surface area contributed by atoms with Crippen molar-refractivity contribution in [2.24, 2.45) is 0 Å². The standard InChI is InChI=1S/C12H22N4O2S/c1-3-15-9-11(12(13)14-15)19(17,18)16(4-2)10-7-5-6-8-10/h9-10H,3-8H2,1-2H3,(H2,13,14). The van der Waals surface area contributed by atoms with Crippen molar-refractivity contribution in [2.75, 3.05) is 12.3 Å². The summed E-state index contributed by atoms with van der Waals surface area (Å²) >= 11 is 0. The molecule has 0 spiro atoms. The molecule has 0 bridgehead atoms. The van der Waals surface area contributed by atoms with Gasteiger partial charge < -0.3 is 5.73 Å². The SMILES string of the molecule is CCN(C1CCCC1)S(=O)(=O)c1cn(CC)nc1N. The van der Waals surface area contributed by atoms with Crippen molar-refractivity contribution in [3.05, 3.63) is 6.20 Å². The Bertz CT molecular complexity index is 532. The molecule has 1 saturated carbocycles. The number of hydrogen-bond donors (Lipinski definition) is 1. The van der Waals surface area contributed by atoms with E-state index in [0.29, 0.717) is 13.1 Å². The van der Waals surface area contributed by atoms with Crippen LogP contribution in [0.1, 0.15) is 39.5 Å². The van der Waals surface area contributed by atoms with Crippen LogP contribution in [0.2, 0.25) is 0 Å². The highest BCUT2D eigenvalue weighted by atomic mass is 32.2. The molecule has 2 rings (SSSR count). The summed E-state index contributed by atoms with van der Waals surface area (Å²) in [7, 11) is -3.53. The largest absolute Gasteiger partial charge is 0.381 e. The van der Waals surface area contributed by atoms with Crippen LogP contribution in [-0.4, -0.2) is 35.1 Å². The molecular formula is C12H22N4O2S. The Kier molecular flexibility index (Phi) is 4.15. The molecule has 7 heteroatoms. The molecule has 0 unspecified atom stereocenters. The van der Waals surface area contributed by atoms with Crippen LogP contribution < -0.4 is 5.73 Å².